The van der Waals surface area contributed by atoms with Crippen LogP contribution in [0.2, 0.25) is 0 Å². The predicted octanol–water partition coefficient (Wildman–Crippen LogP) is 19.0. The zero-order valence-corrected chi connectivity index (χ0v) is 48.4. The quantitative estimate of drug-likeness (QED) is 0.0264. The molecule has 0 radical (unpaired) electrons. The highest BCUT2D eigenvalue weighted by atomic mass is 31.2. The summed E-state index contributed by atoms with van der Waals surface area (Å²) in [4.78, 5) is 35.2. The third kappa shape index (κ3) is 59.3. The van der Waals surface area contributed by atoms with E-state index in [0.29, 0.717) is 6.42 Å². The number of phosphoric acid groups is 1. The monoisotopic (exact) mass is 1060 g/mol. The van der Waals surface area contributed by atoms with E-state index >= 15 is 0 Å². The van der Waals surface area contributed by atoms with Crippen LogP contribution in [-0.4, -0.2) is 49.3 Å². The van der Waals surface area contributed by atoms with Gasteiger partial charge >= 0.3 is 19.8 Å². The Morgan fingerprint density at radius 1 is 0.400 bits per heavy atom. The second kappa shape index (κ2) is 59.4. The Morgan fingerprint density at radius 2 is 0.693 bits per heavy atom. The fraction of sp³-hybridized carbons (Fsp3) is 0.631. The summed E-state index contributed by atoms with van der Waals surface area (Å²) in [6.07, 6.45) is 83.7. The van der Waals surface area contributed by atoms with Crippen molar-refractivity contribution in [2.24, 2.45) is 5.73 Å². The van der Waals surface area contributed by atoms with Gasteiger partial charge in [-0.3, -0.25) is 18.6 Å². The normalized spacial score (nSPS) is 14.0. The van der Waals surface area contributed by atoms with E-state index in [1.807, 2.05) is 0 Å². The van der Waals surface area contributed by atoms with Gasteiger partial charge in [0.15, 0.2) is 6.10 Å². The first-order valence-corrected chi connectivity index (χ1v) is 31.2. The highest BCUT2D eigenvalue weighted by Crippen LogP contribution is 2.43. The second-order valence-electron chi connectivity index (χ2n) is 19.1. The van der Waals surface area contributed by atoms with Gasteiger partial charge in [0.1, 0.15) is 6.61 Å². The number of rotatable bonds is 54. The van der Waals surface area contributed by atoms with E-state index in [9.17, 15) is 19.0 Å². The number of hydrogen-bond donors (Lipinski definition) is 2. The minimum Gasteiger partial charge on any atom is -0.462 e. The standard InChI is InChI=1S/C65H108NO8P/c1-3-5-7-9-11-13-15-17-19-21-23-25-27-29-30-31-32-34-35-37-39-41-43-45-47-49-51-53-55-57-64(67)71-61-63(62-73-75(69,70)72-60-59-66)74-65(68)58-56-54-52-50-48-46-44-42-40-38-36-33-28-26-24-22-20-18-16-14-12-10-8-6-4-2/h5-8,11-14,17-20,23-26,33,36,40,42,46,48,63H,3-4,9-10,15-16,21-22,27-32,34-35,37-39,41,43-45,47,49-62,66H2,1-2H3,(H,69,70)/b7-5-,8-6-,13-11-,14-12-,19-17-,20-18-,25-23-,26-24-,36-33-,42-40-,48-46-. The smallest absolute Gasteiger partial charge is 0.462 e. The molecule has 0 aromatic rings. The summed E-state index contributed by atoms with van der Waals surface area (Å²) in [6, 6.07) is 0. The molecule has 0 aliphatic rings. The van der Waals surface area contributed by atoms with Crippen molar-refractivity contribution in [3.8, 4) is 0 Å². The third-order valence-electron chi connectivity index (χ3n) is 12.0. The van der Waals surface area contributed by atoms with Crippen LogP contribution in [-0.2, 0) is 32.7 Å². The molecule has 9 nitrogen and oxygen atoms in total. The van der Waals surface area contributed by atoms with Gasteiger partial charge in [0, 0.05) is 19.4 Å². The van der Waals surface area contributed by atoms with Crippen molar-refractivity contribution < 1.29 is 37.6 Å². The molecule has 0 aromatic carbocycles. The molecule has 0 amide bonds. The van der Waals surface area contributed by atoms with Crippen LogP contribution in [0.4, 0.5) is 0 Å². The fourth-order valence-electron chi connectivity index (χ4n) is 7.72. The van der Waals surface area contributed by atoms with Gasteiger partial charge in [0.05, 0.1) is 13.2 Å². The molecule has 0 aromatic heterocycles. The average molecular weight is 1060 g/mol. The number of unbranched alkanes of at least 4 members (excludes halogenated alkanes) is 19. The second-order valence-corrected chi connectivity index (χ2v) is 20.6. The third-order valence-corrected chi connectivity index (χ3v) is 13.0. The molecule has 3 N–H and O–H groups in total. The highest BCUT2D eigenvalue weighted by Gasteiger charge is 2.26. The van der Waals surface area contributed by atoms with Gasteiger partial charge < -0.3 is 20.1 Å². The van der Waals surface area contributed by atoms with Gasteiger partial charge in [-0.1, -0.05) is 244 Å². The maximum atomic E-state index is 12.7. The Labute approximate surface area is 459 Å². The van der Waals surface area contributed by atoms with Crippen LogP contribution in [0.5, 0.6) is 0 Å². The molecule has 0 heterocycles. The van der Waals surface area contributed by atoms with Crippen molar-refractivity contribution in [3.63, 3.8) is 0 Å². The van der Waals surface area contributed by atoms with Crippen molar-refractivity contribution in [2.75, 3.05) is 26.4 Å². The van der Waals surface area contributed by atoms with Crippen molar-refractivity contribution in [1.29, 1.82) is 0 Å². The number of ether oxygens (including phenoxy) is 2. The minimum absolute atomic E-state index is 0.0410. The first-order chi connectivity index (χ1) is 36.8. The number of allylic oxidation sites excluding steroid dienone is 22. The minimum atomic E-state index is -4.41. The molecule has 10 heteroatoms. The van der Waals surface area contributed by atoms with Gasteiger partial charge in [-0.25, -0.2) is 4.57 Å². The molecular formula is C65H108NO8P. The lowest BCUT2D eigenvalue weighted by molar-refractivity contribution is -0.161. The molecule has 0 saturated heterocycles. The topological polar surface area (TPSA) is 134 Å². The van der Waals surface area contributed by atoms with Crippen LogP contribution < -0.4 is 5.73 Å². The van der Waals surface area contributed by atoms with Gasteiger partial charge in [-0.2, -0.15) is 0 Å². The number of nitrogens with two attached hydrogens (primary N) is 1. The summed E-state index contributed by atoms with van der Waals surface area (Å²) >= 11 is 0. The SMILES string of the molecule is CC/C=C\C/C=C\C/C=C\C/C=C\C/C=C\C/C=C\C/C=C\CCCCCC(=O)OC(COC(=O)CCCCCCCCCCCCCCCCCC/C=C\C/C=C\C/C=C\C/C=C\CC)COP(=O)(O)OCCN. The molecule has 0 rings (SSSR count). The fourth-order valence-corrected chi connectivity index (χ4v) is 8.49. The van der Waals surface area contributed by atoms with E-state index in [4.69, 9.17) is 24.3 Å². The maximum Gasteiger partial charge on any atom is 0.472 e. The maximum absolute atomic E-state index is 12.7. The number of carbonyl (C=O) groups is 2. The van der Waals surface area contributed by atoms with E-state index in [0.717, 1.165) is 109 Å². The van der Waals surface area contributed by atoms with Gasteiger partial charge in [0.25, 0.3) is 0 Å². The number of phosphoric ester groups is 1. The molecule has 0 aliphatic carbocycles. The van der Waals surface area contributed by atoms with E-state index in [1.165, 1.54) is 89.9 Å². The zero-order valence-electron chi connectivity index (χ0n) is 47.5. The van der Waals surface area contributed by atoms with Crippen LogP contribution in [0, 0.1) is 0 Å². The number of hydrogen-bond acceptors (Lipinski definition) is 8. The Morgan fingerprint density at radius 3 is 1.04 bits per heavy atom. The van der Waals surface area contributed by atoms with Gasteiger partial charge in [-0.15, -0.1) is 0 Å². The number of esters is 2. The van der Waals surface area contributed by atoms with E-state index in [2.05, 4.69) is 148 Å². The van der Waals surface area contributed by atoms with Gasteiger partial charge in [0.2, 0.25) is 0 Å². The number of carbonyl (C=O) groups excluding carboxylic acids is 2. The molecule has 2 atom stereocenters. The Balaban J connectivity index is 4.04. The van der Waals surface area contributed by atoms with E-state index in [-0.39, 0.29) is 32.6 Å². The van der Waals surface area contributed by atoms with E-state index < -0.39 is 32.5 Å². The Hall–Kier alpha value is -3.85. The van der Waals surface area contributed by atoms with Crippen LogP contribution in [0.1, 0.15) is 232 Å². The lowest BCUT2D eigenvalue weighted by atomic mass is 10.0. The summed E-state index contributed by atoms with van der Waals surface area (Å²) in [5, 5.41) is 0. The predicted molar refractivity (Wildman–Crippen MR) is 320 cm³/mol. The summed E-state index contributed by atoms with van der Waals surface area (Å²) < 4.78 is 33.0. The molecule has 0 saturated carbocycles. The molecule has 2 unspecified atom stereocenters. The molecule has 0 aliphatic heterocycles. The first kappa shape index (κ1) is 71.2. The molecule has 0 bridgehead atoms. The summed E-state index contributed by atoms with van der Waals surface area (Å²) in [7, 11) is -4.41. The summed E-state index contributed by atoms with van der Waals surface area (Å²) in [6.45, 7) is 3.47. The van der Waals surface area contributed by atoms with Crippen molar-refractivity contribution >= 4 is 19.8 Å². The molecule has 75 heavy (non-hydrogen) atoms. The lowest BCUT2D eigenvalue weighted by Gasteiger charge is -2.19. The highest BCUT2D eigenvalue weighted by molar-refractivity contribution is 7.47. The van der Waals surface area contributed by atoms with E-state index in [1.54, 1.807) is 0 Å². The van der Waals surface area contributed by atoms with Crippen molar-refractivity contribution in [1.82, 2.24) is 0 Å². The van der Waals surface area contributed by atoms with Crippen LogP contribution in [0.3, 0.4) is 0 Å². The molecular weight excluding hydrogens is 954 g/mol. The van der Waals surface area contributed by atoms with Crippen LogP contribution >= 0.6 is 7.82 Å². The molecule has 426 valence electrons. The largest absolute Gasteiger partial charge is 0.472 e. The van der Waals surface area contributed by atoms with Crippen molar-refractivity contribution in [3.05, 3.63) is 134 Å². The summed E-state index contributed by atoms with van der Waals surface area (Å²) in [5.74, 6) is -0.872. The Kier molecular flexibility index (Phi) is 56.3. The molecule has 0 spiro atoms. The molecule has 0 fully saturated rings. The first-order valence-electron chi connectivity index (χ1n) is 29.7. The van der Waals surface area contributed by atoms with Gasteiger partial charge in [-0.05, 0) is 109 Å². The average Bonchev–Trinajstić information content (AvgIpc) is 3.40. The van der Waals surface area contributed by atoms with Crippen molar-refractivity contribution in [2.45, 2.75) is 238 Å². The summed E-state index contributed by atoms with van der Waals surface area (Å²) in [5.41, 5.74) is 5.38. The van der Waals surface area contributed by atoms with Crippen LogP contribution in [0.15, 0.2) is 134 Å². The lowest BCUT2D eigenvalue weighted by Crippen LogP contribution is -2.29. The zero-order chi connectivity index (χ0) is 54.5. The Bertz CT molecular complexity index is 1680. The van der Waals surface area contributed by atoms with Crippen LogP contribution in [0.25, 0.3) is 0 Å².